The Labute approximate surface area is 185 Å². The van der Waals surface area contributed by atoms with Crippen molar-refractivity contribution in [2.75, 3.05) is 41.0 Å². The van der Waals surface area contributed by atoms with Crippen LogP contribution in [0, 0.1) is 5.41 Å². The molecule has 0 aromatic heterocycles. The fraction of sp³-hybridized carbons (Fsp3) is 0.650. The normalized spacial score (nSPS) is 17.3. The van der Waals surface area contributed by atoms with Gasteiger partial charge in [0.1, 0.15) is 0 Å². The first-order chi connectivity index (χ1) is 12.6. The number of methoxy groups -OCH3 is 2. The molecule has 0 amide bonds. The summed E-state index contributed by atoms with van der Waals surface area (Å²) in [5.74, 6) is 0.803. The highest BCUT2D eigenvalue weighted by atomic mass is 127. The molecule has 1 aliphatic carbocycles. The van der Waals surface area contributed by atoms with Gasteiger partial charge in [-0.1, -0.05) is 36.6 Å². The zero-order valence-electron chi connectivity index (χ0n) is 16.6. The Kier molecular flexibility index (Phi) is 11.6. The number of guanidine groups is 1. The summed E-state index contributed by atoms with van der Waals surface area (Å²) in [4.78, 5) is 4.36. The molecule has 1 saturated carbocycles. The van der Waals surface area contributed by atoms with E-state index in [-0.39, 0.29) is 30.1 Å². The van der Waals surface area contributed by atoms with Crippen LogP contribution >= 0.6 is 35.6 Å². The van der Waals surface area contributed by atoms with Crippen LogP contribution in [-0.4, -0.2) is 46.9 Å². The number of hydrogen-bond acceptors (Lipinski definition) is 3. The van der Waals surface area contributed by atoms with Crippen LogP contribution in [0.25, 0.3) is 0 Å². The van der Waals surface area contributed by atoms with Crippen LogP contribution in [0.15, 0.2) is 29.3 Å². The second-order valence-corrected chi connectivity index (χ2v) is 7.47. The highest BCUT2D eigenvalue weighted by Gasteiger charge is 2.33. The van der Waals surface area contributed by atoms with Gasteiger partial charge in [0.05, 0.1) is 6.10 Å². The molecule has 1 aliphatic rings. The standard InChI is InChI=1S/C20H32ClN3O2.HI/c1-22-19(24-15-20(11-12-25-2)9-4-5-10-20)23-14-18(26-3)16-7-6-8-17(21)13-16;/h6-8,13,18H,4-5,9-12,14-15H2,1-3H3,(H2,22,23,24);1H. The first-order valence-electron chi connectivity index (χ1n) is 9.34. The Morgan fingerprint density at radius 2 is 2.00 bits per heavy atom. The molecule has 1 aromatic rings. The van der Waals surface area contributed by atoms with Crippen LogP contribution in [-0.2, 0) is 9.47 Å². The van der Waals surface area contributed by atoms with E-state index in [0.717, 1.165) is 31.1 Å². The lowest BCUT2D eigenvalue weighted by molar-refractivity contribution is 0.106. The number of aliphatic imine (C=N–C) groups is 1. The third-order valence-corrected chi connectivity index (χ3v) is 5.55. The van der Waals surface area contributed by atoms with Crippen molar-refractivity contribution in [2.45, 2.75) is 38.2 Å². The van der Waals surface area contributed by atoms with Gasteiger partial charge >= 0.3 is 0 Å². The van der Waals surface area contributed by atoms with Gasteiger partial charge in [0.15, 0.2) is 5.96 Å². The van der Waals surface area contributed by atoms with Crippen molar-refractivity contribution in [3.63, 3.8) is 0 Å². The maximum absolute atomic E-state index is 6.09. The smallest absolute Gasteiger partial charge is 0.191 e. The quantitative estimate of drug-likeness (QED) is 0.294. The number of benzene rings is 1. The first kappa shape index (κ1) is 24.5. The van der Waals surface area contributed by atoms with Crippen molar-refractivity contribution in [1.82, 2.24) is 10.6 Å². The Bertz CT molecular complexity index is 580. The van der Waals surface area contributed by atoms with E-state index in [2.05, 4.69) is 15.6 Å². The minimum atomic E-state index is -0.0822. The van der Waals surface area contributed by atoms with Gasteiger partial charge in [0.2, 0.25) is 0 Å². The minimum Gasteiger partial charge on any atom is -0.385 e. The zero-order valence-corrected chi connectivity index (χ0v) is 19.7. The Hall–Kier alpha value is -0.570. The molecule has 7 heteroatoms. The summed E-state index contributed by atoms with van der Waals surface area (Å²) < 4.78 is 10.9. The van der Waals surface area contributed by atoms with E-state index in [4.69, 9.17) is 21.1 Å². The van der Waals surface area contributed by atoms with Gasteiger partial charge < -0.3 is 20.1 Å². The Balaban J connectivity index is 0.00000364. The summed E-state index contributed by atoms with van der Waals surface area (Å²) >= 11 is 6.09. The van der Waals surface area contributed by atoms with Gasteiger partial charge in [-0.05, 0) is 42.4 Å². The number of nitrogens with one attached hydrogen (secondary N) is 2. The first-order valence-corrected chi connectivity index (χ1v) is 9.72. The monoisotopic (exact) mass is 509 g/mol. The van der Waals surface area contributed by atoms with Crippen molar-refractivity contribution in [3.8, 4) is 0 Å². The third-order valence-electron chi connectivity index (χ3n) is 5.32. The minimum absolute atomic E-state index is 0. The predicted molar refractivity (Wildman–Crippen MR) is 123 cm³/mol. The van der Waals surface area contributed by atoms with Gasteiger partial charge in [0.25, 0.3) is 0 Å². The summed E-state index contributed by atoms with van der Waals surface area (Å²) in [6.45, 7) is 2.36. The van der Waals surface area contributed by atoms with E-state index in [1.54, 1.807) is 21.3 Å². The molecule has 0 bridgehead atoms. The summed E-state index contributed by atoms with van der Waals surface area (Å²) in [5.41, 5.74) is 1.37. The Morgan fingerprint density at radius 3 is 2.59 bits per heavy atom. The second-order valence-electron chi connectivity index (χ2n) is 7.04. The van der Waals surface area contributed by atoms with Crippen LogP contribution in [0.3, 0.4) is 0 Å². The molecule has 5 nitrogen and oxygen atoms in total. The van der Waals surface area contributed by atoms with Gasteiger partial charge in [-0.25, -0.2) is 0 Å². The molecular formula is C20H33ClIN3O2. The largest absolute Gasteiger partial charge is 0.385 e. The van der Waals surface area contributed by atoms with E-state index in [1.807, 2.05) is 24.3 Å². The van der Waals surface area contributed by atoms with Crippen molar-refractivity contribution in [1.29, 1.82) is 0 Å². The summed E-state index contributed by atoms with van der Waals surface area (Å²) in [6.07, 6.45) is 6.13. The molecule has 0 heterocycles. The molecule has 1 fully saturated rings. The number of halogens is 2. The molecule has 0 spiro atoms. The molecule has 0 radical (unpaired) electrons. The number of rotatable bonds is 9. The van der Waals surface area contributed by atoms with Crippen molar-refractivity contribution >= 4 is 41.5 Å². The van der Waals surface area contributed by atoms with Gasteiger partial charge in [-0.2, -0.15) is 0 Å². The molecule has 0 saturated heterocycles. The van der Waals surface area contributed by atoms with Crippen LogP contribution < -0.4 is 10.6 Å². The van der Waals surface area contributed by atoms with Crippen molar-refractivity contribution < 1.29 is 9.47 Å². The maximum Gasteiger partial charge on any atom is 0.191 e. The highest BCUT2D eigenvalue weighted by molar-refractivity contribution is 14.0. The average molecular weight is 510 g/mol. The lowest BCUT2D eigenvalue weighted by atomic mass is 9.83. The van der Waals surface area contributed by atoms with E-state index in [1.165, 1.54) is 25.7 Å². The molecule has 154 valence electrons. The van der Waals surface area contributed by atoms with Crippen molar-refractivity contribution in [3.05, 3.63) is 34.9 Å². The fourth-order valence-electron chi connectivity index (χ4n) is 3.68. The summed E-state index contributed by atoms with van der Waals surface area (Å²) in [6, 6.07) is 7.77. The molecule has 1 atom stereocenters. The number of nitrogens with zero attached hydrogens (tertiary/aromatic N) is 1. The third kappa shape index (κ3) is 7.75. The molecule has 2 rings (SSSR count). The van der Waals surface area contributed by atoms with Crippen LogP contribution in [0.1, 0.15) is 43.8 Å². The summed E-state index contributed by atoms with van der Waals surface area (Å²) in [7, 11) is 5.28. The fourth-order valence-corrected chi connectivity index (χ4v) is 3.88. The Morgan fingerprint density at radius 1 is 1.26 bits per heavy atom. The topological polar surface area (TPSA) is 54.9 Å². The van der Waals surface area contributed by atoms with Crippen molar-refractivity contribution in [2.24, 2.45) is 10.4 Å². The number of hydrogen-bond donors (Lipinski definition) is 2. The molecule has 2 N–H and O–H groups in total. The lowest BCUT2D eigenvalue weighted by Gasteiger charge is -2.30. The van der Waals surface area contributed by atoms with E-state index < -0.39 is 0 Å². The SMILES string of the molecule is CN=C(NCC(OC)c1cccc(Cl)c1)NCC1(CCOC)CCCC1.I. The van der Waals surface area contributed by atoms with Crippen LogP contribution in [0.4, 0.5) is 0 Å². The molecule has 1 unspecified atom stereocenters. The summed E-state index contributed by atoms with van der Waals surface area (Å²) in [5, 5.41) is 7.60. The van der Waals surface area contributed by atoms with Gasteiger partial charge in [-0.15, -0.1) is 24.0 Å². The van der Waals surface area contributed by atoms with Gasteiger partial charge in [-0.3, -0.25) is 4.99 Å². The van der Waals surface area contributed by atoms with E-state index in [9.17, 15) is 0 Å². The molecule has 27 heavy (non-hydrogen) atoms. The second kappa shape index (κ2) is 12.8. The van der Waals surface area contributed by atoms with E-state index in [0.29, 0.717) is 17.0 Å². The molecule has 0 aliphatic heterocycles. The number of ether oxygens (including phenoxy) is 2. The molecular weight excluding hydrogens is 477 g/mol. The predicted octanol–water partition coefficient (Wildman–Crippen LogP) is 4.41. The van der Waals surface area contributed by atoms with E-state index >= 15 is 0 Å². The molecule has 1 aromatic carbocycles. The lowest BCUT2D eigenvalue weighted by Crippen LogP contribution is -2.44. The van der Waals surface area contributed by atoms with Gasteiger partial charge in [0, 0.05) is 46.0 Å². The zero-order chi connectivity index (χ0) is 18.8. The maximum atomic E-state index is 6.09. The van der Waals surface area contributed by atoms with Crippen LogP contribution in [0.2, 0.25) is 5.02 Å². The highest BCUT2D eigenvalue weighted by Crippen LogP contribution is 2.40. The van der Waals surface area contributed by atoms with Crippen LogP contribution in [0.5, 0.6) is 0 Å². The average Bonchev–Trinajstić information content (AvgIpc) is 3.12.